The molecule has 1 aromatic carbocycles. The molecule has 1 N–H and O–H groups in total. The van der Waals surface area contributed by atoms with Gasteiger partial charge < -0.3 is 10.2 Å². The normalized spacial score (nSPS) is 14.9. The summed E-state index contributed by atoms with van der Waals surface area (Å²) in [6, 6.07) is 8.94. The maximum Gasteiger partial charge on any atom is 0.0409 e. The zero-order valence-corrected chi connectivity index (χ0v) is 12.2. The van der Waals surface area contributed by atoms with Gasteiger partial charge in [0.05, 0.1) is 0 Å². The molecular formula is C16H20N2S. The molecule has 1 aliphatic rings. The smallest absolute Gasteiger partial charge is 0.0409 e. The highest BCUT2D eigenvalue weighted by molar-refractivity contribution is 7.07. The van der Waals surface area contributed by atoms with Crippen LogP contribution in [0.15, 0.2) is 35.0 Å². The lowest BCUT2D eigenvalue weighted by atomic mass is 10.1. The van der Waals surface area contributed by atoms with Gasteiger partial charge in [-0.3, -0.25) is 0 Å². The maximum absolute atomic E-state index is 3.52. The highest BCUT2D eigenvalue weighted by Gasteiger charge is 2.12. The van der Waals surface area contributed by atoms with E-state index in [1.54, 1.807) is 11.3 Å². The van der Waals surface area contributed by atoms with Gasteiger partial charge >= 0.3 is 0 Å². The predicted octanol–water partition coefficient (Wildman–Crippen LogP) is 4.27. The lowest BCUT2D eigenvalue weighted by Gasteiger charge is -2.19. The first kappa shape index (κ1) is 12.5. The quantitative estimate of drug-likeness (QED) is 0.894. The van der Waals surface area contributed by atoms with E-state index in [0.717, 1.165) is 6.54 Å². The molecule has 0 saturated carbocycles. The van der Waals surface area contributed by atoms with Gasteiger partial charge in [-0.25, -0.2) is 0 Å². The summed E-state index contributed by atoms with van der Waals surface area (Å²) in [4.78, 5) is 2.48. The fraction of sp³-hybridized carbons (Fsp3) is 0.375. The van der Waals surface area contributed by atoms with Crippen LogP contribution in [0.1, 0.15) is 24.0 Å². The topological polar surface area (TPSA) is 15.3 Å². The van der Waals surface area contributed by atoms with E-state index in [0.29, 0.717) is 0 Å². The van der Waals surface area contributed by atoms with E-state index in [2.05, 4.69) is 52.2 Å². The molecule has 1 saturated heterocycles. The van der Waals surface area contributed by atoms with Gasteiger partial charge in [0.2, 0.25) is 0 Å². The first-order valence-corrected chi connectivity index (χ1v) is 7.88. The average Bonchev–Trinajstić information content (AvgIpc) is 3.10. The summed E-state index contributed by atoms with van der Waals surface area (Å²) in [6.07, 6.45) is 2.66. The average molecular weight is 272 g/mol. The molecule has 0 atom stereocenters. The molecular weight excluding hydrogens is 252 g/mol. The van der Waals surface area contributed by atoms with Crippen molar-refractivity contribution in [2.24, 2.45) is 0 Å². The van der Waals surface area contributed by atoms with Crippen LogP contribution in [-0.2, 0) is 6.54 Å². The summed E-state index contributed by atoms with van der Waals surface area (Å²) in [6.45, 7) is 5.52. The van der Waals surface area contributed by atoms with E-state index in [4.69, 9.17) is 0 Å². The first-order valence-electron chi connectivity index (χ1n) is 6.93. The zero-order valence-electron chi connectivity index (χ0n) is 11.4. The molecule has 3 rings (SSSR count). The van der Waals surface area contributed by atoms with Crippen LogP contribution in [0.2, 0.25) is 0 Å². The molecule has 1 fully saturated rings. The van der Waals surface area contributed by atoms with Crippen LogP contribution in [0.25, 0.3) is 0 Å². The van der Waals surface area contributed by atoms with Crippen molar-refractivity contribution in [1.82, 2.24) is 0 Å². The molecule has 100 valence electrons. The van der Waals surface area contributed by atoms with Gasteiger partial charge in [-0.1, -0.05) is 0 Å². The first-order chi connectivity index (χ1) is 9.33. The van der Waals surface area contributed by atoms with Crippen LogP contribution in [0.5, 0.6) is 0 Å². The van der Waals surface area contributed by atoms with Gasteiger partial charge in [0.1, 0.15) is 0 Å². The monoisotopic (exact) mass is 272 g/mol. The predicted molar refractivity (Wildman–Crippen MR) is 84.3 cm³/mol. The number of hydrogen-bond acceptors (Lipinski definition) is 3. The van der Waals surface area contributed by atoms with Crippen molar-refractivity contribution < 1.29 is 0 Å². The van der Waals surface area contributed by atoms with E-state index < -0.39 is 0 Å². The molecule has 0 bridgehead atoms. The van der Waals surface area contributed by atoms with Crippen molar-refractivity contribution in [3.63, 3.8) is 0 Å². The Morgan fingerprint density at radius 2 is 2.05 bits per heavy atom. The van der Waals surface area contributed by atoms with Crippen molar-refractivity contribution in [1.29, 1.82) is 0 Å². The Kier molecular flexibility index (Phi) is 3.74. The number of hydrogen-bond donors (Lipinski definition) is 1. The number of benzene rings is 1. The largest absolute Gasteiger partial charge is 0.381 e. The summed E-state index contributed by atoms with van der Waals surface area (Å²) in [7, 11) is 0. The second-order valence-electron chi connectivity index (χ2n) is 5.18. The van der Waals surface area contributed by atoms with E-state index >= 15 is 0 Å². The van der Waals surface area contributed by atoms with Gasteiger partial charge in [0.15, 0.2) is 0 Å². The molecule has 1 aliphatic heterocycles. The third-order valence-corrected chi connectivity index (χ3v) is 4.48. The molecule has 0 unspecified atom stereocenters. The minimum Gasteiger partial charge on any atom is -0.381 e. The lowest BCUT2D eigenvalue weighted by Crippen LogP contribution is -2.17. The summed E-state index contributed by atoms with van der Waals surface area (Å²) in [5.41, 5.74) is 5.30. The molecule has 0 spiro atoms. The second-order valence-corrected chi connectivity index (χ2v) is 5.96. The third kappa shape index (κ3) is 2.92. The molecule has 1 aromatic heterocycles. The number of anilines is 2. The summed E-state index contributed by atoms with van der Waals surface area (Å²) in [5, 5.41) is 7.84. The Bertz CT molecular complexity index is 528. The molecule has 2 aromatic rings. The van der Waals surface area contributed by atoms with Gasteiger partial charge in [0, 0.05) is 31.0 Å². The van der Waals surface area contributed by atoms with Gasteiger partial charge in [-0.15, -0.1) is 0 Å². The Morgan fingerprint density at radius 1 is 1.21 bits per heavy atom. The van der Waals surface area contributed by atoms with Crippen molar-refractivity contribution in [2.45, 2.75) is 26.3 Å². The van der Waals surface area contributed by atoms with Crippen LogP contribution in [-0.4, -0.2) is 13.1 Å². The van der Waals surface area contributed by atoms with Crippen LogP contribution in [0.4, 0.5) is 11.4 Å². The molecule has 19 heavy (non-hydrogen) atoms. The molecule has 0 amide bonds. The number of aryl methyl sites for hydroxylation is 1. The zero-order chi connectivity index (χ0) is 13.1. The van der Waals surface area contributed by atoms with E-state index in [1.807, 2.05) is 0 Å². The Hall–Kier alpha value is -1.48. The molecule has 3 heteroatoms. The number of nitrogens with one attached hydrogen (secondary N) is 1. The SMILES string of the molecule is Cc1cc(N2CCCC2)ccc1NCc1ccsc1. The van der Waals surface area contributed by atoms with E-state index in [-0.39, 0.29) is 0 Å². The van der Waals surface area contributed by atoms with Gasteiger partial charge in [-0.05, 0) is 65.9 Å². The maximum atomic E-state index is 3.52. The van der Waals surface area contributed by atoms with Crippen LogP contribution < -0.4 is 10.2 Å². The van der Waals surface area contributed by atoms with Crippen LogP contribution in [0, 0.1) is 6.92 Å². The summed E-state index contributed by atoms with van der Waals surface area (Å²) in [5.74, 6) is 0. The van der Waals surface area contributed by atoms with Crippen molar-refractivity contribution >= 4 is 22.7 Å². The van der Waals surface area contributed by atoms with Gasteiger partial charge in [-0.2, -0.15) is 11.3 Å². The van der Waals surface area contributed by atoms with E-state index in [1.165, 1.54) is 48.4 Å². The van der Waals surface area contributed by atoms with Gasteiger partial charge in [0.25, 0.3) is 0 Å². The number of rotatable bonds is 4. The minimum absolute atomic E-state index is 0.910. The summed E-state index contributed by atoms with van der Waals surface area (Å²) < 4.78 is 0. The van der Waals surface area contributed by atoms with Crippen LogP contribution >= 0.6 is 11.3 Å². The number of nitrogens with zero attached hydrogens (tertiary/aromatic N) is 1. The Balaban J connectivity index is 1.68. The van der Waals surface area contributed by atoms with E-state index in [9.17, 15) is 0 Å². The fourth-order valence-electron chi connectivity index (χ4n) is 2.61. The standard InChI is InChI=1S/C16H20N2S/c1-13-10-15(18-7-2-3-8-18)4-5-16(13)17-11-14-6-9-19-12-14/h4-6,9-10,12,17H,2-3,7-8,11H2,1H3. The summed E-state index contributed by atoms with van der Waals surface area (Å²) >= 11 is 1.75. The number of thiophene rings is 1. The highest BCUT2D eigenvalue weighted by Crippen LogP contribution is 2.25. The van der Waals surface area contributed by atoms with Crippen molar-refractivity contribution in [3.8, 4) is 0 Å². The minimum atomic E-state index is 0.910. The Labute approximate surface area is 119 Å². The van der Waals surface area contributed by atoms with Crippen LogP contribution in [0.3, 0.4) is 0 Å². The Morgan fingerprint density at radius 3 is 2.74 bits per heavy atom. The lowest BCUT2D eigenvalue weighted by molar-refractivity contribution is 0.949. The highest BCUT2D eigenvalue weighted by atomic mass is 32.1. The fourth-order valence-corrected chi connectivity index (χ4v) is 3.28. The second kappa shape index (κ2) is 5.66. The third-order valence-electron chi connectivity index (χ3n) is 3.74. The molecule has 2 heterocycles. The van der Waals surface area contributed by atoms with Crippen molar-refractivity contribution in [3.05, 3.63) is 46.2 Å². The van der Waals surface area contributed by atoms with Crippen molar-refractivity contribution in [2.75, 3.05) is 23.3 Å². The molecule has 2 nitrogen and oxygen atoms in total. The molecule has 0 radical (unpaired) electrons. The molecule has 0 aliphatic carbocycles.